The van der Waals surface area contributed by atoms with Crippen LogP contribution in [-0.4, -0.2) is 16.0 Å². The van der Waals surface area contributed by atoms with Gasteiger partial charge in [-0.05, 0) is 24.3 Å². The molecule has 0 spiro atoms. The molecular weight excluding hydrogens is 235 g/mol. The van der Waals surface area contributed by atoms with Gasteiger partial charge in [0.1, 0.15) is 5.69 Å². The van der Waals surface area contributed by atoms with E-state index in [9.17, 15) is 4.79 Å². The minimum absolute atomic E-state index is 0.161. The number of benzene rings is 1. The van der Waals surface area contributed by atoms with Gasteiger partial charge >= 0.3 is 0 Å². The number of rotatable bonds is 2. The number of aromatic nitrogens is 2. The first kappa shape index (κ1) is 10.2. The number of hydrogen-bond acceptors (Lipinski definition) is 2. The molecule has 2 aromatic rings. The molecule has 5 heteroatoms. The minimum atomic E-state index is -0.161. The number of halogens is 2. The van der Waals surface area contributed by atoms with Crippen LogP contribution in [0.1, 0.15) is 16.1 Å². The second-order valence-electron chi connectivity index (χ2n) is 2.93. The fraction of sp³-hybridized carbons (Fsp3) is 0. The van der Waals surface area contributed by atoms with Gasteiger partial charge in [-0.15, -0.1) is 0 Å². The first-order chi connectivity index (χ1) is 7.18. The zero-order valence-corrected chi connectivity index (χ0v) is 9.01. The largest absolute Gasteiger partial charge is 0.287 e. The van der Waals surface area contributed by atoms with Gasteiger partial charge in [0.2, 0.25) is 5.78 Å². The second kappa shape index (κ2) is 4.04. The lowest BCUT2D eigenvalue weighted by Gasteiger charge is -2.00. The maximum Gasteiger partial charge on any atom is 0.210 e. The van der Waals surface area contributed by atoms with Crippen molar-refractivity contribution >= 4 is 29.0 Å². The number of carbonyl (C=O) groups is 1. The Bertz CT molecular complexity index is 494. The van der Waals surface area contributed by atoms with Crippen molar-refractivity contribution in [2.45, 2.75) is 0 Å². The van der Waals surface area contributed by atoms with Gasteiger partial charge in [0, 0.05) is 11.8 Å². The third kappa shape index (κ3) is 2.03. The van der Waals surface area contributed by atoms with Crippen LogP contribution in [0.2, 0.25) is 10.0 Å². The van der Waals surface area contributed by atoms with Gasteiger partial charge in [-0.1, -0.05) is 23.2 Å². The molecule has 0 saturated carbocycles. The van der Waals surface area contributed by atoms with E-state index in [1.165, 1.54) is 12.3 Å². The topological polar surface area (TPSA) is 45.8 Å². The average Bonchev–Trinajstić information content (AvgIpc) is 2.74. The molecule has 3 nitrogen and oxygen atoms in total. The Labute approximate surface area is 96.0 Å². The highest BCUT2D eigenvalue weighted by Gasteiger charge is 2.11. The normalized spacial score (nSPS) is 10.3. The molecule has 0 radical (unpaired) electrons. The Morgan fingerprint density at radius 1 is 1.20 bits per heavy atom. The van der Waals surface area contributed by atoms with E-state index < -0.39 is 0 Å². The van der Waals surface area contributed by atoms with Crippen molar-refractivity contribution < 1.29 is 4.79 Å². The van der Waals surface area contributed by atoms with E-state index in [0.29, 0.717) is 21.3 Å². The molecule has 0 unspecified atom stereocenters. The van der Waals surface area contributed by atoms with Gasteiger partial charge in [-0.3, -0.25) is 9.89 Å². The fourth-order valence-corrected chi connectivity index (χ4v) is 1.47. The summed E-state index contributed by atoms with van der Waals surface area (Å²) in [4.78, 5) is 11.8. The molecule has 0 aliphatic rings. The Hall–Kier alpha value is -1.32. The predicted octanol–water partition coefficient (Wildman–Crippen LogP) is 2.95. The summed E-state index contributed by atoms with van der Waals surface area (Å²) in [5.74, 6) is -0.161. The number of carbonyl (C=O) groups excluding carboxylic acids is 1. The van der Waals surface area contributed by atoms with Crippen LogP contribution in [0.15, 0.2) is 30.5 Å². The van der Waals surface area contributed by atoms with Crippen LogP contribution in [0.5, 0.6) is 0 Å². The third-order valence-electron chi connectivity index (χ3n) is 1.93. The average molecular weight is 241 g/mol. The number of nitrogens with one attached hydrogen (secondary N) is 1. The molecule has 76 valence electrons. The Morgan fingerprint density at radius 3 is 2.60 bits per heavy atom. The molecule has 1 aromatic carbocycles. The summed E-state index contributed by atoms with van der Waals surface area (Å²) in [7, 11) is 0. The lowest BCUT2D eigenvalue weighted by atomic mass is 10.1. The van der Waals surface area contributed by atoms with Gasteiger partial charge in [-0.25, -0.2) is 0 Å². The van der Waals surface area contributed by atoms with Crippen LogP contribution < -0.4 is 0 Å². The van der Waals surface area contributed by atoms with Crippen molar-refractivity contribution in [1.82, 2.24) is 10.2 Å². The van der Waals surface area contributed by atoms with Crippen LogP contribution in [0.3, 0.4) is 0 Å². The van der Waals surface area contributed by atoms with Gasteiger partial charge in [-0.2, -0.15) is 5.10 Å². The maximum absolute atomic E-state index is 11.8. The van der Waals surface area contributed by atoms with Gasteiger partial charge in [0.05, 0.1) is 10.0 Å². The lowest BCUT2D eigenvalue weighted by Crippen LogP contribution is -2.01. The van der Waals surface area contributed by atoms with E-state index in [-0.39, 0.29) is 5.78 Å². The number of hydrogen-bond donors (Lipinski definition) is 1. The molecule has 0 fully saturated rings. The minimum Gasteiger partial charge on any atom is -0.287 e. The van der Waals surface area contributed by atoms with Crippen LogP contribution in [-0.2, 0) is 0 Å². The monoisotopic (exact) mass is 240 g/mol. The molecule has 15 heavy (non-hydrogen) atoms. The first-order valence-electron chi connectivity index (χ1n) is 4.17. The Kier molecular flexibility index (Phi) is 2.75. The van der Waals surface area contributed by atoms with Crippen molar-refractivity contribution in [2.75, 3.05) is 0 Å². The van der Waals surface area contributed by atoms with E-state index in [1.807, 2.05) is 0 Å². The molecule has 0 aliphatic carbocycles. The molecular formula is C10H6Cl2N2O. The van der Waals surface area contributed by atoms with E-state index in [0.717, 1.165) is 0 Å². The van der Waals surface area contributed by atoms with Crippen molar-refractivity contribution in [2.24, 2.45) is 0 Å². The summed E-state index contributed by atoms with van der Waals surface area (Å²) in [6.07, 6.45) is 1.52. The van der Waals surface area contributed by atoms with Crippen molar-refractivity contribution in [3.8, 4) is 0 Å². The highest BCUT2D eigenvalue weighted by molar-refractivity contribution is 6.42. The fourth-order valence-electron chi connectivity index (χ4n) is 1.18. The van der Waals surface area contributed by atoms with E-state index in [2.05, 4.69) is 10.2 Å². The third-order valence-corrected chi connectivity index (χ3v) is 2.67. The van der Waals surface area contributed by atoms with Gasteiger partial charge in [0.25, 0.3) is 0 Å². The summed E-state index contributed by atoms with van der Waals surface area (Å²) >= 11 is 11.6. The zero-order valence-electron chi connectivity index (χ0n) is 7.50. The van der Waals surface area contributed by atoms with Crippen LogP contribution in [0.4, 0.5) is 0 Å². The van der Waals surface area contributed by atoms with Gasteiger partial charge in [0.15, 0.2) is 0 Å². The van der Waals surface area contributed by atoms with Crippen LogP contribution in [0, 0.1) is 0 Å². The smallest absolute Gasteiger partial charge is 0.210 e. The predicted molar refractivity (Wildman–Crippen MR) is 58.5 cm³/mol. The SMILES string of the molecule is O=C(c1ccc(Cl)c(Cl)c1)c1ccn[nH]1. The quantitative estimate of drug-likeness (QED) is 0.821. The zero-order chi connectivity index (χ0) is 10.8. The molecule has 0 bridgehead atoms. The van der Waals surface area contributed by atoms with Crippen LogP contribution >= 0.6 is 23.2 Å². The Morgan fingerprint density at radius 2 is 2.00 bits per heavy atom. The molecule has 0 aliphatic heterocycles. The lowest BCUT2D eigenvalue weighted by molar-refractivity contribution is 0.103. The number of H-pyrrole nitrogens is 1. The number of ketones is 1. The first-order valence-corrected chi connectivity index (χ1v) is 4.93. The maximum atomic E-state index is 11.8. The molecule has 1 aromatic heterocycles. The number of aromatic amines is 1. The summed E-state index contributed by atoms with van der Waals surface area (Å²) < 4.78 is 0. The highest BCUT2D eigenvalue weighted by atomic mass is 35.5. The molecule has 1 heterocycles. The van der Waals surface area contributed by atoms with Crippen molar-refractivity contribution in [3.63, 3.8) is 0 Å². The highest BCUT2D eigenvalue weighted by Crippen LogP contribution is 2.23. The Balaban J connectivity index is 2.39. The van der Waals surface area contributed by atoms with Crippen molar-refractivity contribution in [1.29, 1.82) is 0 Å². The van der Waals surface area contributed by atoms with E-state index in [1.54, 1.807) is 18.2 Å². The standard InChI is InChI=1S/C10H6Cl2N2O/c11-7-2-1-6(5-8(7)12)10(15)9-3-4-13-14-9/h1-5H,(H,13,14). The second-order valence-corrected chi connectivity index (χ2v) is 3.74. The van der Waals surface area contributed by atoms with Crippen LogP contribution in [0.25, 0.3) is 0 Å². The summed E-state index contributed by atoms with van der Waals surface area (Å²) in [5.41, 5.74) is 0.905. The number of nitrogens with zero attached hydrogens (tertiary/aromatic N) is 1. The summed E-state index contributed by atoms with van der Waals surface area (Å²) in [5, 5.41) is 7.09. The van der Waals surface area contributed by atoms with E-state index in [4.69, 9.17) is 23.2 Å². The van der Waals surface area contributed by atoms with Gasteiger partial charge < -0.3 is 0 Å². The molecule has 0 amide bonds. The molecule has 2 rings (SSSR count). The molecule has 1 N–H and O–H groups in total. The summed E-state index contributed by atoms with van der Waals surface area (Å²) in [6.45, 7) is 0. The van der Waals surface area contributed by atoms with E-state index >= 15 is 0 Å². The molecule has 0 atom stereocenters. The molecule has 0 saturated heterocycles. The van der Waals surface area contributed by atoms with Crippen molar-refractivity contribution in [3.05, 3.63) is 51.8 Å². The summed E-state index contributed by atoms with van der Waals surface area (Å²) in [6, 6.07) is 6.35.